The molecule has 1 aromatic carbocycles. The van der Waals surface area contributed by atoms with E-state index in [0.717, 1.165) is 13.1 Å². The highest BCUT2D eigenvalue weighted by atomic mass is 35.5. The van der Waals surface area contributed by atoms with Crippen molar-refractivity contribution in [3.63, 3.8) is 0 Å². The number of rotatable bonds is 9. The topological polar surface area (TPSA) is 38.0 Å². The van der Waals surface area contributed by atoms with Crippen LogP contribution in [0.1, 0.15) is 51.0 Å². The Labute approximate surface area is 116 Å². The molecule has 1 aromatic rings. The van der Waals surface area contributed by atoms with Crippen LogP contribution in [-0.2, 0) is 6.54 Å². The maximum absolute atomic E-state index is 5.97. The molecule has 1 rings (SSSR count). The molecule has 0 aliphatic rings. The fraction of sp³-hybridized carbons (Fsp3) is 0.600. The van der Waals surface area contributed by atoms with Gasteiger partial charge in [0.2, 0.25) is 0 Å². The minimum atomic E-state index is 0.647. The summed E-state index contributed by atoms with van der Waals surface area (Å²) in [5.74, 6) is 0. The van der Waals surface area contributed by atoms with Gasteiger partial charge in [0, 0.05) is 6.54 Å². The Morgan fingerprint density at radius 3 is 2.56 bits per heavy atom. The van der Waals surface area contributed by atoms with Crippen molar-refractivity contribution >= 4 is 17.3 Å². The molecular weight excluding hydrogens is 244 g/mol. The molecule has 2 nitrogen and oxygen atoms in total. The van der Waals surface area contributed by atoms with Gasteiger partial charge in [0.05, 0.1) is 10.7 Å². The van der Waals surface area contributed by atoms with Crippen molar-refractivity contribution in [1.82, 2.24) is 5.32 Å². The van der Waals surface area contributed by atoms with Crippen LogP contribution in [0, 0.1) is 0 Å². The fourth-order valence-corrected chi connectivity index (χ4v) is 2.15. The van der Waals surface area contributed by atoms with Gasteiger partial charge < -0.3 is 11.1 Å². The predicted octanol–water partition coefficient (Wildman–Crippen LogP) is 4.37. The number of unbranched alkanes of at least 4 members (excludes halogenated alkanes) is 5. The second-order valence-electron chi connectivity index (χ2n) is 4.80. The zero-order valence-electron chi connectivity index (χ0n) is 11.3. The molecule has 102 valence electrons. The number of hydrogen-bond acceptors (Lipinski definition) is 2. The quantitative estimate of drug-likeness (QED) is 0.515. The highest BCUT2D eigenvalue weighted by molar-refractivity contribution is 6.33. The van der Waals surface area contributed by atoms with Crippen LogP contribution in [0.4, 0.5) is 5.69 Å². The van der Waals surface area contributed by atoms with E-state index in [1.54, 1.807) is 0 Å². The molecular formula is C15H25ClN2. The first-order valence-electron chi connectivity index (χ1n) is 6.98. The third-order valence-electron chi connectivity index (χ3n) is 3.10. The molecule has 3 N–H and O–H groups in total. The number of anilines is 1. The van der Waals surface area contributed by atoms with Crippen molar-refractivity contribution in [3.05, 3.63) is 28.8 Å². The van der Waals surface area contributed by atoms with E-state index in [4.69, 9.17) is 17.3 Å². The number of benzene rings is 1. The molecule has 0 spiro atoms. The molecule has 0 bridgehead atoms. The number of nitrogen functional groups attached to an aromatic ring is 1. The van der Waals surface area contributed by atoms with E-state index in [0.29, 0.717) is 10.7 Å². The smallest absolute Gasteiger partial charge is 0.0638 e. The molecule has 0 atom stereocenters. The highest BCUT2D eigenvalue weighted by Crippen LogP contribution is 2.19. The minimum absolute atomic E-state index is 0.647. The van der Waals surface area contributed by atoms with Gasteiger partial charge in [-0.2, -0.15) is 0 Å². The van der Waals surface area contributed by atoms with E-state index in [1.165, 1.54) is 44.1 Å². The van der Waals surface area contributed by atoms with Gasteiger partial charge in [0.25, 0.3) is 0 Å². The molecule has 0 aromatic heterocycles. The van der Waals surface area contributed by atoms with Crippen molar-refractivity contribution in [2.75, 3.05) is 12.3 Å². The third-order valence-corrected chi connectivity index (χ3v) is 3.43. The lowest BCUT2D eigenvalue weighted by Crippen LogP contribution is -2.14. The van der Waals surface area contributed by atoms with E-state index in [2.05, 4.69) is 12.2 Å². The van der Waals surface area contributed by atoms with Crippen LogP contribution in [0.5, 0.6) is 0 Å². The summed E-state index contributed by atoms with van der Waals surface area (Å²) >= 11 is 5.97. The molecule has 0 amide bonds. The highest BCUT2D eigenvalue weighted by Gasteiger charge is 1.98. The molecule has 0 saturated carbocycles. The van der Waals surface area contributed by atoms with Crippen molar-refractivity contribution in [2.24, 2.45) is 0 Å². The molecule has 0 fully saturated rings. The lowest BCUT2D eigenvalue weighted by atomic mass is 10.1. The van der Waals surface area contributed by atoms with Crippen LogP contribution in [0.2, 0.25) is 5.02 Å². The standard InChI is InChI=1S/C15H25ClN2/c1-2-3-4-5-6-7-10-18-12-13-8-9-15(17)14(16)11-13/h8-9,11,18H,2-7,10,12,17H2,1H3. The molecule has 0 radical (unpaired) electrons. The van der Waals surface area contributed by atoms with Gasteiger partial charge in [0.15, 0.2) is 0 Å². The summed E-state index contributed by atoms with van der Waals surface area (Å²) in [6, 6.07) is 5.82. The van der Waals surface area contributed by atoms with Crippen LogP contribution in [-0.4, -0.2) is 6.54 Å². The molecule has 0 heterocycles. The number of halogens is 1. The van der Waals surface area contributed by atoms with Crippen LogP contribution in [0.25, 0.3) is 0 Å². The van der Waals surface area contributed by atoms with E-state index in [1.807, 2.05) is 18.2 Å². The first-order chi connectivity index (χ1) is 8.74. The Morgan fingerprint density at radius 1 is 1.11 bits per heavy atom. The Balaban J connectivity index is 2.05. The molecule has 18 heavy (non-hydrogen) atoms. The van der Waals surface area contributed by atoms with Crippen molar-refractivity contribution in [3.8, 4) is 0 Å². The van der Waals surface area contributed by atoms with Gasteiger partial charge in [-0.25, -0.2) is 0 Å². The first kappa shape index (κ1) is 15.3. The van der Waals surface area contributed by atoms with Gasteiger partial charge >= 0.3 is 0 Å². The number of nitrogens with one attached hydrogen (secondary N) is 1. The van der Waals surface area contributed by atoms with Gasteiger partial charge in [-0.1, -0.05) is 56.7 Å². The molecule has 0 saturated heterocycles. The van der Waals surface area contributed by atoms with Crippen molar-refractivity contribution in [2.45, 2.75) is 52.0 Å². The lowest BCUT2D eigenvalue weighted by molar-refractivity contribution is 0.572. The number of hydrogen-bond donors (Lipinski definition) is 2. The SMILES string of the molecule is CCCCCCCCNCc1ccc(N)c(Cl)c1. The van der Waals surface area contributed by atoms with Gasteiger partial charge in [-0.15, -0.1) is 0 Å². The lowest BCUT2D eigenvalue weighted by Gasteiger charge is -2.06. The first-order valence-corrected chi connectivity index (χ1v) is 7.36. The summed E-state index contributed by atoms with van der Waals surface area (Å²) in [7, 11) is 0. The zero-order valence-corrected chi connectivity index (χ0v) is 12.1. The summed E-state index contributed by atoms with van der Waals surface area (Å²) in [6.45, 7) is 4.20. The average molecular weight is 269 g/mol. The monoisotopic (exact) mass is 268 g/mol. The van der Waals surface area contributed by atoms with E-state index < -0.39 is 0 Å². The molecule has 3 heteroatoms. The summed E-state index contributed by atoms with van der Waals surface area (Å²) in [5, 5.41) is 4.09. The van der Waals surface area contributed by atoms with E-state index in [9.17, 15) is 0 Å². The van der Waals surface area contributed by atoms with Crippen LogP contribution in [0.15, 0.2) is 18.2 Å². The third kappa shape index (κ3) is 6.27. The summed E-state index contributed by atoms with van der Waals surface area (Å²) in [5.41, 5.74) is 7.51. The number of nitrogens with two attached hydrogens (primary N) is 1. The van der Waals surface area contributed by atoms with Crippen molar-refractivity contribution < 1.29 is 0 Å². The summed E-state index contributed by atoms with van der Waals surface area (Å²) in [4.78, 5) is 0. The largest absolute Gasteiger partial charge is 0.398 e. The van der Waals surface area contributed by atoms with Gasteiger partial charge in [-0.05, 0) is 30.7 Å². The van der Waals surface area contributed by atoms with Crippen molar-refractivity contribution in [1.29, 1.82) is 0 Å². The Hall–Kier alpha value is -0.730. The van der Waals surface area contributed by atoms with E-state index in [-0.39, 0.29) is 0 Å². The molecule has 0 aliphatic carbocycles. The minimum Gasteiger partial charge on any atom is -0.398 e. The Morgan fingerprint density at radius 2 is 1.83 bits per heavy atom. The van der Waals surface area contributed by atoms with Crippen LogP contribution < -0.4 is 11.1 Å². The molecule has 0 unspecified atom stereocenters. The van der Waals surface area contributed by atoms with Crippen LogP contribution in [0.3, 0.4) is 0 Å². The Bertz CT molecular complexity index is 339. The molecule has 0 aliphatic heterocycles. The maximum atomic E-state index is 5.97. The Kier molecular flexibility index (Phi) is 7.86. The fourth-order valence-electron chi connectivity index (χ4n) is 1.94. The normalized spacial score (nSPS) is 10.8. The van der Waals surface area contributed by atoms with Gasteiger partial charge in [-0.3, -0.25) is 0 Å². The van der Waals surface area contributed by atoms with Crippen LogP contribution >= 0.6 is 11.6 Å². The average Bonchev–Trinajstić information content (AvgIpc) is 2.37. The zero-order chi connectivity index (χ0) is 13.2. The van der Waals surface area contributed by atoms with E-state index >= 15 is 0 Å². The summed E-state index contributed by atoms with van der Waals surface area (Å²) < 4.78 is 0. The maximum Gasteiger partial charge on any atom is 0.0638 e. The van der Waals surface area contributed by atoms with Gasteiger partial charge in [0.1, 0.15) is 0 Å². The predicted molar refractivity (Wildman–Crippen MR) is 80.9 cm³/mol. The summed E-state index contributed by atoms with van der Waals surface area (Å²) in [6.07, 6.45) is 8.02. The second kappa shape index (κ2) is 9.23. The second-order valence-corrected chi connectivity index (χ2v) is 5.21.